The van der Waals surface area contributed by atoms with Crippen molar-refractivity contribution in [1.29, 1.82) is 0 Å². The first kappa shape index (κ1) is 20.6. The zero-order chi connectivity index (χ0) is 21.8. The molecule has 1 amide bonds. The highest BCUT2D eigenvalue weighted by atomic mass is 19.1. The Hall–Kier alpha value is -3.64. The molecule has 0 unspecified atom stereocenters. The van der Waals surface area contributed by atoms with E-state index in [-0.39, 0.29) is 11.7 Å². The fraction of sp³-hybridized carbons (Fsp3) is 0.160. The lowest BCUT2D eigenvalue weighted by molar-refractivity contribution is -0.110. The van der Waals surface area contributed by atoms with Crippen molar-refractivity contribution >= 4 is 28.6 Å². The molecule has 0 spiro atoms. The standard InChI is InChI=1S/C25H24FN3O2/c1-29(2)14-15-31-20-11-9-19(10-12-20)27-24(17-6-4-3-5-7-17)23-21-13-8-18(26)16-22(21)28-25(23)30/h3-13,16,27H,14-15H2,1-2H3,(H,28,30)/b24-23-. The highest BCUT2D eigenvalue weighted by Crippen LogP contribution is 2.37. The van der Waals surface area contributed by atoms with Crippen LogP contribution < -0.4 is 15.4 Å². The Bertz CT molecular complexity index is 1110. The van der Waals surface area contributed by atoms with Crippen molar-refractivity contribution in [2.75, 3.05) is 37.9 Å². The molecule has 3 aromatic carbocycles. The predicted octanol–water partition coefficient (Wildman–Crippen LogP) is 4.70. The van der Waals surface area contributed by atoms with E-state index in [1.54, 1.807) is 6.07 Å². The van der Waals surface area contributed by atoms with Crippen LogP contribution in [0.1, 0.15) is 11.1 Å². The van der Waals surface area contributed by atoms with Gasteiger partial charge in [0.2, 0.25) is 0 Å². The SMILES string of the molecule is CN(C)CCOc1ccc(N/C(=C2\C(=O)Nc3cc(F)ccc32)c2ccccc2)cc1. The molecule has 0 radical (unpaired) electrons. The first-order valence-electron chi connectivity index (χ1n) is 10.1. The van der Waals surface area contributed by atoms with Crippen LogP contribution in [0.2, 0.25) is 0 Å². The van der Waals surface area contributed by atoms with Gasteiger partial charge in [0.15, 0.2) is 0 Å². The smallest absolute Gasteiger partial charge is 0.258 e. The van der Waals surface area contributed by atoms with Crippen LogP contribution in [0.15, 0.2) is 72.8 Å². The molecule has 1 aliphatic heterocycles. The molecule has 31 heavy (non-hydrogen) atoms. The highest BCUT2D eigenvalue weighted by molar-refractivity contribution is 6.37. The molecule has 1 heterocycles. The van der Waals surface area contributed by atoms with Crippen LogP contribution in [0.3, 0.4) is 0 Å². The Labute approximate surface area is 181 Å². The summed E-state index contributed by atoms with van der Waals surface area (Å²) in [5, 5.41) is 6.15. The van der Waals surface area contributed by atoms with Crippen molar-refractivity contribution in [3.63, 3.8) is 0 Å². The number of nitrogens with zero attached hydrogens (tertiary/aromatic N) is 1. The summed E-state index contributed by atoms with van der Waals surface area (Å²) >= 11 is 0. The number of halogens is 1. The van der Waals surface area contributed by atoms with E-state index in [1.165, 1.54) is 12.1 Å². The molecule has 0 bridgehead atoms. The van der Waals surface area contributed by atoms with E-state index < -0.39 is 0 Å². The van der Waals surface area contributed by atoms with Gasteiger partial charge in [-0.1, -0.05) is 30.3 Å². The minimum absolute atomic E-state index is 0.268. The fourth-order valence-electron chi connectivity index (χ4n) is 3.40. The van der Waals surface area contributed by atoms with Crippen molar-refractivity contribution in [1.82, 2.24) is 4.90 Å². The molecule has 0 atom stereocenters. The van der Waals surface area contributed by atoms with E-state index in [1.807, 2.05) is 68.7 Å². The van der Waals surface area contributed by atoms with E-state index in [9.17, 15) is 9.18 Å². The van der Waals surface area contributed by atoms with Gasteiger partial charge < -0.3 is 20.3 Å². The van der Waals surface area contributed by atoms with Gasteiger partial charge in [0, 0.05) is 17.8 Å². The molecular formula is C25H24FN3O2. The minimum atomic E-state index is -0.389. The van der Waals surface area contributed by atoms with Gasteiger partial charge >= 0.3 is 0 Å². The summed E-state index contributed by atoms with van der Waals surface area (Å²) in [6, 6.07) is 21.5. The topological polar surface area (TPSA) is 53.6 Å². The normalized spacial score (nSPS) is 14.3. The maximum absolute atomic E-state index is 13.7. The molecule has 3 aromatic rings. The molecule has 5 nitrogen and oxygen atoms in total. The van der Waals surface area contributed by atoms with Crippen LogP contribution in [0.5, 0.6) is 5.75 Å². The van der Waals surface area contributed by atoms with Crippen LogP contribution >= 0.6 is 0 Å². The summed E-state index contributed by atoms with van der Waals surface area (Å²) in [5.74, 6) is 0.121. The molecule has 1 aliphatic rings. The van der Waals surface area contributed by atoms with Gasteiger partial charge in [-0.15, -0.1) is 0 Å². The van der Waals surface area contributed by atoms with Gasteiger partial charge in [0.25, 0.3) is 5.91 Å². The Morgan fingerprint density at radius 2 is 1.77 bits per heavy atom. The molecule has 0 aliphatic carbocycles. The van der Waals surface area contributed by atoms with Gasteiger partial charge in [-0.05, 0) is 62.1 Å². The summed E-state index contributed by atoms with van der Waals surface area (Å²) in [6.07, 6.45) is 0. The summed E-state index contributed by atoms with van der Waals surface area (Å²) in [5.41, 5.74) is 3.95. The number of rotatable bonds is 7. The number of hydrogen-bond acceptors (Lipinski definition) is 4. The minimum Gasteiger partial charge on any atom is -0.492 e. The fourth-order valence-corrected chi connectivity index (χ4v) is 3.40. The Balaban J connectivity index is 1.67. The number of nitrogens with one attached hydrogen (secondary N) is 2. The van der Waals surface area contributed by atoms with Crippen molar-refractivity contribution in [3.8, 4) is 5.75 Å². The second kappa shape index (κ2) is 9.02. The molecule has 4 rings (SSSR count). The molecular weight excluding hydrogens is 393 g/mol. The van der Waals surface area contributed by atoms with Crippen LogP contribution in [-0.4, -0.2) is 38.1 Å². The molecule has 0 saturated heterocycles. The van der Waals surface area contributed by atoms with Crippen LogP contribution in [0, 0.1) is 5.82 Å². The zero-order valence-corrected chi connectivity index (χ0v) is 17.5. The zero-order valence-electron chi connectivity index (χ0n) is 17.5. The average molecular weight is 417 g/mol. The summed E-state index contributed by atoms with van der Waals surface area (Å²) < 4.78 is 19.4. The average Bonchev–Trinajstić information content (AvgIpc) is 3.08. The number of fused-ring (bicyclic) bond motifs is 1. The maximum atomic E-state index is 13.7. The predicted molar refractivity (Wildman–Crippen MR) is 122 cm³/mol. The summed E-state index contributed by atoms with van der Waals surface area (Å²) in [7, 11) is 4.00. The lowest BCUT2D eigenvalue weighted by atomic mass is 10.00. The van der Waals surface area contributed by atoms with Gasteiger partial charge in [-0.3, -0.25) is 4.79 Å². The lowest BCUT2D eigenvalue weighted by Gasteiger charge is -2.15. The third-order valence-electron chi connectivity index (χ3n) is 4.97. The summed E-state index contributed by atoms with van der Waals surface area (Å²) in [4.78, 5) is 14.9. The number of hydrogen-bond donors (Lipinski definition) is 2. The second-order valence-electron chi connectivity index (χ2n) is 7.56. The van der Waals surface area contributed by atoms with Crippen LogP contribution in [0.4, 0.5) is 15.8 Å². The third kappa shape index (κ3) is 4.75. The van der Waals surface area contributed by atoms with Gasteiger partial charge in [-0.25, -0.2) is 4.39 Å². The second-order valence-corrected chi connectivity index (χ2v) is 7.56. The number of benzene rings is 3. The first-order valence-corrected chi connectivity index (χ1v) is 10.1. The Kier molecular flexibility index (Phi) is 6.00. The Morgan fingerprint density at radius 1 is 1.03 bits per heavy atom. The molecule has 0 saturated carbocycles. The highest BCUT2D eigenvalue weighted by Gasteiger charge is 2.28. The monoisotopic (exact) mass is 417 g/mol. The van der Waals surface area contributed by atoms with E-state index in [4.69, 9.17) is 4.74 Å². The van der Waals surface area contributed by atoms with Gasteiger partial charge in [0.1, 0.15) is 18.2 Å². The van der Waals surface area contributed by atoms with Crippen LogP contribution in [-0.2, 0) is 4.79 Å². The number of likely N-dealkylation sites (N-methyl/N-ethyl adjacent to an activating group) is 1. The summed E-state index contributed by atoms with van der Waals surface area (Å²) in [6.45, 7) is 1.44. The van der Waals surface area contributed by atoms with E-state index in [0.29, 0.717) is 29.1 Å². The number of carbonyl (C=O) groups is 1. The number of ether oxygens (including phenoxy) is 1. The van der Waals surface area contributed by atoms with Crippen molar-refractivity contribution in [2.24, 2.45) is 0 Å². The van der Waals surface area contributed by atoms with E-state index in [2.05, 4.69) is 15.5 Å². The van der Waals surface area contributed by atoms with E-state index >= 15 is 0 Å². The molecule has 6 heteroatoms. The number of carbonyl (C=O) groups excluding carboxylic acids is 1. The maximum Gasteiger partial charge on any atom is 0.258 e. The molecule has 158 valence electrons. The van der Waals surface area contributed by atoms with E-state index in [0.717, 1.165) is 23.5 Å². The quantitative estimate of drug-likeness (QED) is 0.547. The Morgan fingerprint density at radius 3 is 2.48 bits per heavy atom. The van der Waals surface area contributed by atoms with Crippen molar-refractivity contribution in [3.05, 3.63) is 89.7 Å². The van der Waals surface area contributed by atoms with Crippen LogP contribution in [0.25, 0.3) is 11.3 Å². The third-order valence-corrected chi connectivity index (χ3v) is 4.97. The molecule has 2 N–H and O–H groups in total. The van der Waals surface area contributed by atoms with Gasteiger partial charge in [-0.2, -0.15) is 0 Å². The molecule has 0 aromatic heterocycles. The number of anilines is 2. The largest absolute Gasteiger partial charge is 0.492 e. The van der Waals surface area contributed by atoms with Gasteiger partial charge in [0.05, 0.1) is 17.0 Å². The first-order chi connectivity index (χ1) is 15.0. The molecule has 0 fully saturated rings. The lowest BCUT2D eigenvalue weighted by Crippen LogP contribution is -2.19. The van der Waals surface area contributed by atoms with Crippen molar-refractivity contribution < 1.29 is 13.9 Å². The van der Waals surface area contributed by atoms with Crippen molar-refractivity contribution in [2.45, 2.75) is 0 Å². The number of amides is 1.